The van der Waals surface area contributed by atoms with Gasteiger partial charge in [0.25, 0.3) is 5.91 Å². The number of aryl methyl sites for hydroxylation is 1. The summed E-state index contributed by atoms with van der Waals surface area (Å²) in [5.41, 5.74) is 1.39. The van der Waals surface area contributed by atoms with Gasteiger partial charge in [-0.1, -0.05) is 12.8 Å². The normalized spacial score (nSPS) is 22.8. The summed E-state index contributed by atoms with van der Waals surface area (Å²) < 4.78 is 0. The van der Waals surface area contributed by atoms with E-state index in [-0.39, 0.29) is 11.9 Å². The Morgan fingerprint density at radius 1 is 1.32 bits per heavy atom. The SMILES string of the molecule is Cc1cncc(C(=O)NC2CCCCC2C(=O)O)c1. The molecule has 1 amide bonds. The third-order valence-electron chi connectivity index (χ3n) is 3.54. The Hall–Kier alpha value is -1.91. The van der Waals surface area contributed by atoms with E-state index in [4.69, 9.17) is 0 Å². The van der Waals surface area contributed by atoms with E-state index in [1.165, 1.54) is 6.20 Å². The number of pyridine rings is 1. The van der Waals surface area contributed by atoms with E-state index in [0.717, 1.165) is 24.8 Å². The zero-order chi connectivity index (χ0) is 13.8. The van der Waals surface area contributed by atoms with Crippen molar-refractivity contribution >= 4 is 11.9 Å². The standard InChI is InChI=1S/C14H18N2O3/c1-9-6-10(8-15-7-9)13(17)16-12-5-3-2-4-11(12)14(18)19/h6-8,11-12H,2-5H2,1H3,(H,16,17)(H,18,19). The number of hydrogen-bond acceptors (Lipinski definition) is 3. The maximum Gasteiger partial charge on any atom is 0.308 e. The van der Waals surface area contributed by atoms with Gasteiger partial charge in [-0.05, 0) is 31.4 Å². The topological polar surface area (TPSA) is 79.3 Å². The number of aromatic nitrogens is 1. The Balaban J connectivity index is 2.07. The molecule has 1 heterocycles. The molecule has 5 nitrogen and oxygen atoms in total. The van der Waals surface area contributed by atoms with Gasteiger partial charge in [0.1, 0.15) is 0 Å². The van der Waals surface area contributed by atoms with Crippen molar-refractivity contribution in [1.82, 2.24) is 10.3 Å². The molecule has 5 heteroatoms. The number of carbonyl (C=O) groups is 2. The molecule has 1 fully saturated rings. The fourth-order valence-electron chi connectivity index (χ4n) is 2.53. The molecule has 1 aromatic rings. The first-order valence-corrected chi connectivity index (χ1v) is 6.53. The van der Waals surface area contributed by atoms with E-state index in [0.29, 0.717) is 12.0 Å². The molecule has 2 rings (SSSR count). The zero-order valence-corrected chi connectivity index (χ0v) is 10.9. The lowest BCUT2D eigenvalue weighted by Gasteiger charge is -2.29. The Morgan fingerprint density at radius 3 is 2.74 bits per heavy atom. The average molecular weight is 262 g/mol. The molecule has 2 unspecified atom stereocenters. The second kappa shape index (κ2) is 5.82. The molecule has 19 heavy (non-hydrogen) atoms. The number of rotatable bonds is 3. The molecular weight excluding hydrogens is 244 g/mol. The number of carboxylic acid groups (broad SMARTS) is 1. The summed E-state index contributed by atoms with van der Waals surface area (Å²) >= 11 is 0. The van der Waals surface area contributed by atoms with Crippen LogP contribution in [-0.2, 0) is 4.79 Å². The predicted molar refractivity (Wildman–Crippen MR) is 69.8 cm³/mol. The van der Waals surface area contributed by atoms with Gasteiger partial charge in [-0.25, -0.2) is 0 Å². The van der Waals surface area contributed by atoms with Crippen LogP contribution in [0.4, 0.5) is 0 Å². The van der Waals surface area contributed by atoms with Crippen LogP contribution in [0.5, 0.6) is 0 Å². The number of hydrogen-bond donors (Lipinski definition) is 2. The second-order valence-electron chi connectivity index (χ2n) is 5.06. The van der Waals surface area contributed by atoms with Crippen molar-refractivity contribution < 1.29 is 14.7 Å². The maximum absolute atomic E-state index is 12.1. The highest BCUT2D eigenvalue weighted by Gasteiger charge is 2.31. The summed E-state index contributed by atoms with van der Waals surface area (Å²) in [4.78, 5) is 27.2. The van der Waals surface area contributed by atoms with E-state index in [1.54, 1.807) is 12.3 Å². The monoisotopic (exact) mass is 262 g/mol. The number of nitrogens with one attached hydrogen (secondary N) is 1. The van der Waals surface area contributed by atoms with Gasteiger partial charge in [-0.15, -0.1) is 0 Å². The number of carbonyl (C=O) groups excluding carboxylic acids is 1. The minimum Gasteiger partial charge on any atom is -0.481 e. The predicted octanol–water partition coefficient (Wildman–Crippen LogP) is 1.76. The van der Waals surface area contributed by atoms with Gasteiger partial charge in [0.15, 0.2) is 0 Å². The van der Waals surface area contributed by atoms with Crippen LogP contribution in [-0.4, -0.2) is 28.0 Å². The lowest BCUT2D eigenvalue weighted by Crippen LogP contribution is -2.45. The smallest absolute Gasteiger partial charge is 0.308 e. The summed E-state index contributed by atoms with van der Waals surface area (Å²) in [7, 11) is 0. The Kier molecular flexibility index (Phi) is 4.14. The first-order chi connectivity index (χ1) is 9.08. The molecule has 1 saturated carbocycles. The lowest BCUT2D eigenvalue weighted by molar-refractivity contribution is -0.143. The molecule has 1 aromatic heterocycles. The average Bonchev–Trinajstić information content (AvgIpc) is 2.39. The van der Waals surface area contributed by atoms with Crippen LogP contribution in [0.15, 0.2) is 18.5 Å². The largest absolute Gasteiger partial charge is 0.481 e. The summed E-state index contributed by atoms with van der Waals surface area (Å²) in [6.45, 7) is 1.87. The van der Waals surface area contributed by atoms with Gasteiger partial charge in [0.2, 0.25) is 0 Å². The van der Waals surface area contributed by atoms with Crippen molar-refractivity contribution in [2.45, 2.75) is 38.6 Å². The van der Waals surface area contributed by atoms with Crippen LogP contribution in [0.3, 0.4) is 0 Å². The zero-order valence-electron chi connectivity index (χ0n) is 10.9. The highest BCUT2D eigenvalue weighted by Crippen LogP contribution is 2.24. The fourth-order valence-corrected chi connectivity index (χ4v) is 2.53. The molecular formula is C14H18N2O3. The molecule has 0 saturated heterocycles. The first-order valence-electron chi connectivity index (χ1n) is 6.53. The molecule has 2 N–H and O–H groups in total. The highest BCUT2D eigenvalue weighted by atomic mass is 16.4. The minimum absolute atomic E-state index is 0.241. The summed E-state index contributed by atoms with van der Waals surface area (Å²) in [6.07, 6.45) is 6.41. The van der Waals surface area contributed by atoms with Gasteiger partial charge >= 0.3 is 5.97 Å². The number of nitrogens with zero attached hydrogens (tertiary/aromatic N) is 1. The van der Waals surface area contributed by atoms with E-state index in [2.05, 4.69) is 10.3 Å². The van der Waals surface area contributed by atoms with E-state index >= 15 is 0 Å². The Bertz CT molecular complexity index is 487. The molecule has 0 aromatic carbocycles. The highest BCUT2D eigenvalue weighted by molar-refractivity contribution is 5.94. The third-order valence-corrected chi connectivity index (χ3v) is 3.54. The second-order valence-corrected chi connectivity index (χ2v) is 5.06. The number of amides is 1. The van der Waals surface area contributed by atoms with Gasteiger partial charge in [0, 0.05) is 18.4 Å². The molecule has 0 radical (unpaired) electrons. The van der Waals surface area contributed by atoms with Crippen LogP contribution in [0.2, 0.25) is 0 Å². The van der Waals surface area contributed by atoms with Crippen LogP contribution in [0.25, 0.3) is 0 Å². The Morgan fingerprint density at radius 2 is 2.05 bits per heavy atom. The lowest BCUT2D eigenvalue weighted by atomic mass is 9.84. The summed E-state index contributed by atoms with van der Waals surface area (Å²) in [5.74, 6) is -1.54. The molecule has 2 atom stereocenters. The Labute approximate surface area is 112 Å². The van der Waals surface area contributed by atoms with Crippen LogP contribution in [0.1, 0.15) is 41.6 Å². The van der Waals surface area contributed by atoms with Crippen molar-refractivity contribution in [2.75, 3.05) is 0 Å². The van der Waals surface area contributed by atoms with E-state index in [1.807, 2.05) is 6.92 Å². The van der Waals surface area contributed by atoms with Gasteiger partial charge < -0.3 is 10.4 Å². The molecule has 102 valence electrons. The number of aliphatic carboxylic acids is 1. The van der Waals surface area contributed by atoms with Crippen LogP contribution >= 0.6 is 0 Å². The molecule has 0 bridgehead atoms. The van der Waals surface area contributed by atoms with Crippen LogP contribution < -0.4 is 5.32 Å². The van der Waals surface area contributed by atoms with Crippen molar-refractivity contribution in [1.29, 1.82) is 0 Å². The van der Waals surface area contributed by atoms with Gasteiger partial charge in [-0.3, -0.25) is 14.6 Å². The van der Waals surface area contributed by atoms with E-state index in [9.17, 15) is 14.7 Å². The summed E-state index contributed by atoms with van der Waals surface area (Å²) in [5, 5.41) is 12.0. The van der Waals surface area contributed by atoms with Crippen molar-refractivity contribution in [2.24, 2.45) is 5.92 Å². The van der Waals surface area contributed by atoms with E-state index < -0.39 is 11.9 Å². The van der Waals surface area contributed by atoms with Crippen molar-refractivity contribution in [3.05, 3.63) is 29.6 Å². The third kappa shape index (κ3) is 3.30. The molecule has 1 aliphatic rings. The fraction of sp³-hybridized carbons (Fsp3) is 0.500. The quantitative estimate of drug-likeness (QED) is 0.870. The number of carboxylic acids is 1. The van der Waals surface area contributed by atoms with Gasteiger partial charge in [-0.2, -0.15) is 0 Å². The van der Waals surface area contributed by atoms with Crippen molar-refractivity contribution in [3.8, 4) is 0 Å². The minimum atomic E-state index is -0.827. The van der Waals surface area contributed by atoms with Crippen LogP contribution in [0, 0.1) is 12.8 Å². The van der Waals surface area contributed by atoms with Crippen molar-refractivity contribution in [3.63, 3.8) is 0 Å². The molecule has 1 aliphatic carbocycles. The molecule has 0 aliphatic heterocycles. The summed E-state index contributed by atoms with van der Waals surface area (Å²) in [6, 6.07) is 1.47. The van der Waals surface area contributed by atoms with Gasteiger partial charge in [0.05, 0.1) is 11.5 Å². The first kappa shape index (κ1) is 13.5. The maximum atomic E-state index is 12.1. The molecule has 0 spiro atoms.